The minimum Gasteiger partial charge on any atom is -0.352 e. The number of primary amides is 1. The quantitative estimate of drug-likeness (QED) is 0.114. The third-order valence-corrected chi connectivity index (χ3v) is 7.61. The number of rotatable bonds is 19. The van der Waals surface area contributed by atoms with Crippen LogP contribution < -0.4 is 27.0 Å². The summed E-state index contributed by atoms with van der Waals surface area (Å²) in [4.78, 5) is 86.8. The van der Waals surface area contributed by atoms with Crippen LogP contribution in [0.3, 0.4) is 0 Å². The van der Waals surface area contributed by atoms with Crippen LogP contribution in [-0.4, -0.2) is 71.4 Å². The molecule has 248 valence electrons. The molecule has 7 amide bonds. The molecule has 0 aromatic heterocycles. The second-order valence-electron chi connectivity index (χ2n) is 12.0. The van der Waals surface area contributed by atoms with Crippen molar-refractivity contribution in [2.45, 2.75) is 97.6 Å². The number of ketones is 1. The number of carbonyl (C=O) groups is 7. The van der Waals surface area contributed by atoms with Crippen LogP contribution in [0, 0.1) is 11.8 Å². The van der Waals surface area contributed by atoms with E-state index in [1.807, 2.05) is 12.1 Å². The number of aryl methyl sites for hydroxylation is 1. The zero-order valence-corrected chi connectivity index (χ0v) is 26.8. The van der Waals surface area contributed by atoms with Crippen molar-refractivity contribution in [2.75, 3.05) is 18.4 Å². The Morgan fingerprint density at radius 1 is 0.933 bits per heavy atom. The number of unbranched alkanes of at least 4 members (excludes halogenated alkanes) is 2. The molecule has 2 rings (SSSR count). The van der Waals surface area contributed by atoms with Crippen molar-refractivity contribution in [1.29, 1.82) is 0 Å². The molecule has 3 atom stereocenters. The van der Waals surface area contributed by atoms with Gasteiger partial charge in [-0.2, -0.15) is 0 Å². The number of nitrogens with one attached hydrogen (secondary N) is 4. The molecule has 1 aliphatic heterocycles. The Kier molecular flexibility index (Phi) is 15.2. The van der Waals surface area contributed by atoms with E-state index in [1.54, 1.807) is 32.9 Å². The van der Waals surface area contributed by atoms with Gasteiger partial charge in [0.25, 0.3) is 0 Å². The number of hydrogen-bond donors (Lipinski definition) is 5. The van der Waals surface area contributed by atoms with Gasteiger partial charge >= 0.3 is 6.03 Å². The summed E-state index contributed by atoms with van der Waals surface area (Å²) in [5.41, 5.74) is 6.60. The maximum absolute atomic E-state index is 13.3. The average Bonchev–Trinajstić information content (AvgIpc) is 3.21. The second-order valence-corrected chi connectivity index (χ2v) is 12.0. The van der Waals surface area contributed by atoms with Crippen molar-refractivity contribution in [3.8, 4) is 0 Å². The maximum Gasteiger partial charge on any atom is 0.312 e. The molecule has 1 saturated heterocycles. The number of benzene rings is 1. The van der Waals surface area contributed by atoms with Crippen molar-refractivity contribution in [3.05, 3.63) is 29.8 Å². The summed E-state index contributed by atoms with van der Waals surface area (Å²) >= 11 is 0. The fourth-order valence-electron chi connectivity index (χ4n) is 4.95. The lowest BCUT2D eigenvalue weighted by Crippen LogP contribution is -2.54. The van der Waals surface area contributed by atoms with E-state index >= 15 is 0 Å². The summed E-state index contributed by atoms with van der Waals surface area (Å²) in [5.74, 6) is -2.07. The minimum absolute atomic E-state index is 0.0905. The smallest absolute Gasteiger partial charge is 0.312 e. The molecule has 3 unspecified atom stereocenters. The Hall–Kier alpha value is -4.29. The van der Waals surface area contributed by atoms with Gasteiger partial charge in [-0.25, -0.2) is 4.79 Å². The minimum atomic E-state index is -0.957. The zero-order valence-electron chi connectivity index (χ0n) is 26.8. The standard InChI is InChI=1S/C32H48N6O7/c1-20(2)28(37-26(40)10-6-5-7-18-38-27(41)19-21(3)31(38)44)30(43)36-25(9-8-17-34-32(33)45)29(42)35-24-15-13-23(14-16-24)12-11-22(4)39/h13-16,20-21,25,28H,5-12,17-19H2,1-4H3,(H,35,42)(H,36,43)(H,37,40)(H3,33,34,45). The molecule has 0 aliphatic carbocycles. The number of amides is 7. The van der Waals surface area contributed by atoms with E-state index in [4.69, 9.17) is 5.73 Å². The van der Waals surface area contributed by atoms with Crippen molar-refractivity contribution < 1.29 is 33.6 Å². The van der Waals surface area contributed by atoms with Crippen molar-refractivity contribution in [2.24, 2.45) is 17.6 Å². The summed E-state index contributed by atoms with van der Waals surface area (Å²) in [5, 5.41) is 10.8. The predicted molar refractivity (Wildman–Crippen MR) is 169 cm³/mol. The number of nitrogens with zero attached hydrogens (tertiary/aromatic N) is 1. The Bertz CT molecular complexity index is 1220. The number of Topliss-reactive ketones (excluding diaryl/α,β-unsaturated/α-hetero) is 1. The molecule has 13 heteroatoms. The van der Waals surface area contributed by atoms with E-state index in [0.29, 0.717) is 50.8 Å². The molecule has 0 bridgehead atoms. The molecule has 6 N–H and O–H groups in total. The van der Waals surface area contributed by atoms with Gasteiger partial charge in [0.05, 0.1) is 0 Å². The number of urea groups is 1. The highest BCUT2D eigenvalue weighted by Crippen LogP contribution is 2.19. The summed E-state index contributed by atoms with van der Waals surface area (Å²) in [7, 11) is 0. The summed E-state index contributed by atoms with van der Waals surface area (Å²) < 4.78 is 0. The molecule has 0 saturated carbocycles. The number of anilines is 1. The first-order chi connectivity index (χ1) is 21.3. The molecule has 13 nitrogen and oxygen atoms in total. The lowest BCUT2D eigenvalue weighted by molar-refractivity contribution is -0.139. The molecule has 1 aromatic rings. The maximum atomic E-state index is 13.3. The second kappa shape index (κ2) is 18.5. The number of hydrogen-bond acceptors (Lipinski definition) is 7. The summed E-state index contributed by atoms with van der Waals surface area (Å²) in [6.07, 6.45) is 3.74. The summed E-state index contributed by atoms with van der Waals surface area (Å²) in [6.45, 7) is 7.39. The van der Waals surface area contributed by atoms with Crippen molar-refractivity contribution in [3.63, 3.8) is 0 Å². The Morgan fingerprint density at radius 2 is 1.62 bits per heavy atom. The number of imide groups is 1. The Labute approximate surface area is 264 Å². The fourth-order valence-corrected chi connectivity index (χ4v) is 4.95. The van der Waals surface area contributed by atoms with Crippen LogP contribution in [0.4, 0.5) is 10.5 Å². The van der Waals surface area contributed by atoms with Crippen LogP contribution >= 0.6 is 0 Å². The van der Waals surface area contributed by atoms with E-state index in [9.17, 15) is 33.6 Å². The first kappa shape index (κ1) is 36.9. The Balaban J connectivity index is 1.93. The number of nitrogens with two attached hydrogens (primary N) is 1. The van der Waals surface area contributed by atoms with Crippen LogP contribution in [-0.2, 0) is 35.2 Å². The van der Waals surface area contributed by atoms with Gasteiger partial charge in [-0.1, -0.05) is 39.3 Å². The van der Waals surface area contributed by atoms with Crippen LogP contribution in [0.25, 0.3) is 0 Å². The molecule has 45 heavy (non-hydrogen) atoms. The summed E-state index contributed by atoms with van der Waals surface area (Å²) in [6, 6.07) is 4.54. The highest BCUT2D eigenvalue weighted by Gasteiger charge is 2.35. The lowest BCUT2D eigenvalue weighted by atomic mass is 10.0. The van der Waals surface area contributed by atoms with Gasteiger partial charge in [-0.3, -0.25) is 28.9 Å². The number of likely N-dealkylation sites (tertiary alicyclic amines) is 1. The van der Waals surface area contributed by atoms with Gasteiger partial charge in [-0.05, 0) is 62.6 Å². The fraction of sp³-hybridized carbons (Fsp3) is 0.594. The van der Waals surface area contributed by atoms with E-state index in [1.165, 1.54) is 11.8 Å². The number of carbonyl (C=O) groups excluding carboxylic acids is 7. The first-order valence-electron chi connectivity index (χ1n) is 15.6. The molecular formula is C32H48N6O7. The normalized spacial score (nSPS) is 15.8. The van der Waals surface area contributed by atoms with E-state index < -0.39 is 29.9 Å². The highest BCUT2D eigenvalue weighted by atomic mass is 16.2. The van der Waals surface area contributed by atoms with Gasteiger partial charge in [0.2, 0.25) is 29.5 Å². The third kappa shape index (κ3) is 13.1. The van der Waals surface area contributed by atoms with Crippen LogP contribution in [0.1, 0.15) is 84.6 Å². The topological polar surface area (TPSA) is 197 Å². The van der Waals surface area contributed by atoms with E-state index in [0.717, 1.165) is 5.56 Å². The zero-order chi connectivity index (χ0) is 33.5. The Morgan fingerprint density at radius 3 is 2.20 bits per heavy atom. The molecule has 1 aliphatic rings. The average molecular weight is 629 g/mol. The van der Waals surface area contributed by atoms with Gasteiger partial charge in [0.1, 0.15) is 17.9 Å². The molecule has 1 heterocycles. The lowest BCUT2D eigenvalue weighted by Gasteiger charge is -2.25. The molecule has 0 spiro atoms. The van der Waals surface area contributed by atoms with E-state index in [2.05, 4.69) is 21.3 Å². The predicted octanol–water partition coefficient (Wildman–Crippen LogP) is 2.18. The van der Waals surface area contributed by atoms with Crippen LogP contribution in [0.15, 0.2) is 24.3 Å². The van der Waals surface area contributed by atoms with Crippen molar-refractivity contribution in [1.82, 2.24) is 20.9 Å². The van der Waals surface area contributed by atoms with Gasteiger partial charge < -0.3 is 31.8 Å². The first-order valence-corrected chi connectivity index (χ1v) is 15.6. The van der Waals surface area contributed by atoms with Crippen LogP contribution in [0.5, 0.6) is 0 Å². The molecule has 1 fully saturated rings. The van der Waals surface area contributed by atoms with Gasteiger partial charge in [-0.15, -0.1) is 0 Å². The van der Waals surface area contributed by atoms with Gasteiger partial charge in [0, 0.05) is 44.0 Å². The molecular weight excluding hydrogens is 580 g/mol. The molecule has 0 radical (unpaired) electrons. The van der Waals surface area contributed by atoms with E-state index in [-0.39, 0.29) is 61.1 Å². The monoisotopic (exact) mass is 628 g/mol. The third-order valence-electron chi connectivity index (χ3n) is 7.61. The van der Waals surface area contributed by atoms with Gasteiger partial charge in [0.15, 0.2) is 0 Å². The largest absolute Gasteiger partial charge is 0.352 e. The highest BCUT2D eigenvalue weighted by molar-refractivity contribution is 6.03. The van der Waals surface area contributed by atoms with Crippen molar-refractivity contribution >= 4 is 47.0 Å². The SMILES string of the molecule is CC(=O)CCc1ccc(NC(=O)C(CCCNC(N)=O)NC(=O)C(NC(=O)CCCCCN2C(=O)CC(C)C2=O)C(C)C)cc1. The molecule has 1 aromatic carbocycles. The van der Waals surface area contributed by atoms with Crippen LogP contribution in [0.2, 0.25) is 0 Å².